The standard InChI is InChI=1S/C11H13NO2S/c1-2-15(13,14)12-11-8-10(11)9-6-4-3-5-7-9/h2-7,10-12H,1,8H2/t10-,11+/m0/s1. The lowest BCUT2D eigenvalue weighted by Crippen LogP contribution is -2.24. The molecule has 4 heteroatoms. The molecule has 15 heavy (non-hydrogen) atoms. The Bertz CT molecular complexity index is 453. The molecule has 1 fully saturated rings. The summed E-state index contributed by atoms with van der Waals surface area (Å²) in [6.45, 7) is 3.26. The number of hydrogen-bond donors (Lipinski definition) is 1. The molecule has 0 aliphatic heterocycles. The molecule has 1 aromatic carbocycles. The van der Waals surface area contributed by atoms with Gasteiger partial charge in [0.15, 0.2) is 0 Å². The smallest absolute Gasteiger partial charge is 0.208 e. The highest BCUT2D eigenvalue weighted by Crippen LogP contribution is 2.40. The van der Waals surface area contributed by atoms with Crippen LogP contribution in [-0.2, 0) is 10.0 Å². The monoisotopic (exact) mass is 223 g/mol. The van der Waals surface area contributed by atoms with E-state index in [1.54, 1.807) is 0 Å². The van der Waals surface area contributed by atoms with Gasteiger partial charge in [0.1, 0.15) is 0 Å². The number of rotatable bonds is 4. The second-order valence-corrected chi connectivity index (χ2v) is 5.35. The molecule has 0 radical (unpaired) electrons. The van der Waals surface area contributed by atoms with Crippen LogP contribution >= 0.6 is 0 Å². The van der Waals surface area contributed by atoms with Crippen molar-refractivity contribution >= 4 is 10.0 Å². The van der Waals surface area contributed by atoms with Crippen molar-refractivity contribution in [3.63, 3.8) is 0 Å². The van der Waals surface area contributed by atoms with Crippen molar-refractivity contribution in [3.8, 4) is 0 Å². The highest BCUT2D eigenvalue weighted by Gasteiger charge is 2.40. The van der Waals surface area contributed by atoms with Gasteiger partial charge in [-0.2, -0.15) is 0 Å². The van der Waals surface area contributed by atoms with E-state index in [4.69, 9.17) is 0 Å². The van der Waals surface area contributed by atoms with Gasteiger partial charge in [0.25, 0.3) is 0 Å². The maximum Gasteiger partial charge on any atom is 0.233 e. The summed E-state index contributed by atoms with van der Waals surface area (Å²) in [5.74, 6) is 0.320. The van der Waals surface area contributed by atoms with Gasteiger partial charge < -0.3 is 0 Å². The Morgan fingerprint density at radius 2 is 2.00 bits per heavy atom. The van der Waals surface area contributed by atoms with Crippen LogP contribution < -0.4 is 4.72 Å². The van der Waals surface area contributed by atoms with E-state index in [1.165, 1.54) is 5.56 Å². The fourth-order valence-electron chi connectivity index (χ4n) is 1.65. The lowest BCUT2D eigenvalue weighted by molar-refractivity contribution is 0.589. The van der Waals surface area contributed by atoms with Crippen LogP contribution in [0, 0.1) is 0 Å². The van der Waals surface area contributed by atoms with Crippen LogP contribution in [0.5, 0.6) is 0 Å². The van der Waals surface area contributed by atoms with Crippen molar-refractivity contribution in [2.75, 3.05) is 0 Å². The lowest BCUT2D eigenvalue weighted by Gasteiger charge is -2.01. The molecule has 1 aliphatic rings. The van der Waals surface area contributed by atoms with Crippen molar-refractivity contribution < 1.29 is 8.42 Å². The molecule has 1 aliphatic carbocycles. The summed E-state index contributed by atoms with van der Waals surface area (Å²) in [5.41, 5.74) is 1.19. The Hall–Kier alpha value is -1.13. The summed E-state index contributed by atoms with van der Waals surface area (Å²) >= 11 is 0. The van der Waals surface area contributed by atoms with Gasteiger partial charge >= 0.3 is 0 Å². The molecule has 80 valence electrons. The fraction of sp³-hybridized carbons (Fsp3) is 0.273. The molecule has 2 rings (SSSR count). The van der Waals surface area contributed by atoms with E-state index in [2.05, 4.69) is 11.3 Å². The highest BCUT2D eigenvalue weighted by molar-refractivity contribution is 7.92. The normalized spacial score (nSPS) is 24.8. The van der Waals surface area contributed by atoms with E-state index in [1.807, 2.05) is 30.3 Å². The number of hydrogen-bond acceptors (Lipinski definition) is 2. The van der Waals surface area contributed by atoms with E-state index >= 15 is 0 Å². The summed E-state index contributed by atoms with van der Waals surface area (Å²) < 4.78 is 25.0. The molecule has 3 nitrogen and oxygen atoms in total. The maximum absolute atomic E-state index is 11.2. The Kier molecular flexibility index (Phi) is 2.63. The van der Waals surface area contributed by atoms with Crippen LogP contribution in [0.1, 0.15) is 17.9 Å². The lowest BCUT2D eigenvalue weighted by atomic mass is 10.1. The molecule has 1 N–H and O–H groups in total. The Morgan fingerprint density at radius 3 is 2.60 bits per heavy atom. The molecular formula is C11H13NO2S. The van der Waals surface area contributed by atoms with E-state index in [0.717, 1.165) is 11.8 Å². The van der Waals surface area contributed by atoms with Gasteiger partial charge in [-0.25, -0.2) is 13.1 Å². The van der Waals surface area contributed by atoms with Gasteiger partial charge in [0.05, 0.1) is 0 Å². The van der Waals surface area contributed by atoms with Gasteiger partial charge in [0.2, 0.25) is 10.0 Å². The molecule has 0 heterocycles. The van der Waals surface area contributed by atoms with Crippen LogP contribution in [0.3, 0.4) is 0 Å². The second kappa shape index (κ2) is 3.79. The molecule has 0 aromatic heterocycles. The van der Waals surface area contributed by atoms with Crippen molar-refractivity contribution in [1.29, 1.82) is 0 Å². The van der Waals surface area contributed by atoms with Crippen LogP contribution in [-0.4, -0.2) is 14.5 Å². The molecular weight excluding hydrogens is 210 g/mol. The van der Waals surface area contributed by atoms with E-state index < -0.39 is 10.0 Å². The van der Waals surface area contributed by atoms with E-state index in [9.17, 15) is 8.42 Å². The van der Waals surface area contributed by atoms with Gasteiger partial charge in [-0.3, -0.25) is 0 Å². The quantitative estimate of drug-likeness (QED) is 0.842. The largest absolute Gasteiger partial charge is 0.233 e. The highest BCUT2D eigenvalue weighted by atomic mass is 32.2. The van der Waals surface area contributed by atoms with Gasteiger partial charge in [-0.1, -0.05) is 36.9 Å². The Balaban J connectivity index is 2.01. The van der Waals surface area contributed by atoms with E-state index in [-0.39, 0.29) is 6.04 Å². The summed E-state index contributed by atoms with van der Waals surface area (Å²) in [4.78, 5) is 0. The van der Waals surface area contributed by atoms with Crippen molar-refractivity contribution in [2.45, 2.75) is 18.4 Å². The predicted octanol–water partition coefficient (Wildman–Crippen LogP) is 1.61. The number of sulfonamides is 1. The Labute approximate surface area is 89.9 Å². The third-order valence-electron chi connectivity index (χ3n) is 2.55. The van der Waals surface area contributed by atoms with Crippen LogP contribution in [0.2, 0.25) is 0 Å². The minimum absolute atomic E-state index is 0.0374. The molecule has 0 bridgehead atoms. The molecule has 0 spiro atoms. The van der Waals surface area contributed by atoms with Gasteiger partial charge in [-0.15, -0.1) is 0 Å². The summed E-state index contributed by atoms with van der Waals surface area (Å²) in [6, 6.07) is 9.96. The van der Waals surface area contributed by atoms with Crippen molar-refractivity contribution in [3.05, 3.63) is 47.9 Å². The topological polar surface area (TPSA) is 46.2 Å². The molecule has 2 atom stereocenters. The second-order valence-electron chi connectivity index (χ2n) is 3.69. The number of benzene rings is 1. The summed E-state index contributed by atoms with van der Waals surface area (Å²) in [7, 11) is -3.28. The third kappa shape index (κ3) is 2.46. The maximum atomic E-state index is 11.2. The summed E-state index contributed by atoms with van der Waals surface area (Å²) in [6.07, 6.45) is 0.872. The third-order valence-corrected chi connectivity index (χ3v) is 3.62. The molecule has 0 amide bonds. The zero-order valence-electron chi connectivity index (χ0n) is 8.26. The minimum Gasteiger partial charge on any atom is -0.208 e. The average molecular weight is 223 g/mol. The van der Waals surface area contributed by atoms with Crippen molar-refractivity contribution in [2.24, 2.45) is 0 Å². The summed E-state index contributed by atoms with van der Waals surface area (Å²) in [5, 5.41) is 0.952. The van der Waals surface area contributed by atoms with Crippen LogP contribution in [0.4, 0.5) is 0 Å². The van der Waals surface area contributed by atoms with Crippen LogP contribution in [0.15, 0.2) is 42.3 Å². The molecule has 1 aromatic rings. The first-order valence-electron chi connectivity index (χ1n) is 4.82. The first-order valence-corrected chi connectivity index (χ1v) is 6.37. The molecule has 1 saturated carbocycles. The molecule has 0 saturated heterocycles. The van der Waals surface area contributed by atoms with Crippen molar-refractivity contribution in [1.82, 2.24) is 4.72 Å². The predicted molar refractivity (Wildman–Crippen MR) is 59.8 cm³/mol. The van der Waals surface area contributed by atoms with E-state index in [0.29, 0.717) is 5.92 Å². The average Bonchev–Trinajstić information content (AvgIpc) is 2.98. The zero-order valence-corrected chi connectivity index (χ0v) is 9.07. The van der Waals surface area contributed by atoms with Gasteiger partial charge in [0, 0.05) is 17.4 Å². The Morgan fingerprint density at radius 1 is 1.33 bits per heavy atom. The fourth-order valence-corrected chi connectivity index (χ4v) is 2.43. The minimum atomic E-state index is -3.28. The molecule has 0 unspecified atom stereocenters. The SMILES string of the molecule is C=CS(=O)(=O)N[C@@H]1C[C@H]1c1ccccc1. The zero-order chi connectivity index (χ0) is 10.9. The van der Waals surface area contributed by atoms with Crippen LogP contribution in [0.25, 0.3) is 0 Å². The van der Waals surface area contributed by atoms with Gasteiger partial charge in [-0.05, 0) is 12.0 Å². The first-order chi connectivity index (χ1) is 7.12. The first kappa shape index (κ1) is 10.4. The number of nitrogens with one attached hydrogen (secondary N) is 1.